The summed E-state index contributed by atoms with van der Waals surface area (Å²) in [5, 5.41) is 163. The average molecular weight is 911 g/mol. The first-order valence-electron chi connectivity index (χ1n) is 19.6. The van der Waals surface area contributed by atoms with E-state index in [0.717, 1.165) is 13.8 Å². The van der Waals surface area contributed by atoms with Gasteiger partial charge in [-0.1, -0.05) is 0 Å². The van der Waals surface area contributed by atoms with Crippen molar-refractivity contribution < 1.29 is 129 Å². The molecule has 0 aliphatic carbocycles. The second-order valence-corrected chi connectivity index (χ2v) is 15.4. The fourth-order valence-corrected chi connectivity index (χ4v) is 7.83. The SMILES string of the molecule is CC(=O)N[C@H]1[C@H](O[C@H]2[C@@H](O)[C@@H](CO)O[C@@H](O[C@H]3[C@H](O)[C@@H](CO)O[C@@H](O[C@H]4[C@@H](O)[C@@H](CO)O[C@@H](O[C@H]5[C@H](O)[C@@H](O)[C@H](O)O[C@@H]5CO)[C@@H]4O)[C@@H]3NC(C)=O)[C@@H]2O)O[C@H](CO)[C@@H](O)[C@@H]1O. The third-order valence-corrected chi connectivity index (χ3v) is 11.1. The van der Waals surface area contributed by atoms with Crippen molar-refractivity contribution in [2.45, 2.75) is 167 Å². The minimum absolute atomic E-state index is 0.736. The zero-order chi connectivity index (χ0) is 45.9. The van der Waals surface area contributed by atoms with E-state index in [1.165, 1.54) is 0 Å². The number of amides is 2. The van der Waals surface area contributed by atoms with Crippen LogP contribution in [0.5, 0.6) is 0 Å². The van der Waals surface area contributed by atoms with Crippen molar-refractivity contribution in [3.05, 3.63) is 0 Å². The van der Waals surface area contributed by atoms with Crippen molar-refractivity contribution in [2.24, 2.45) is 0 Å². The zero-order valence-electron chi connectivity index (χ0n) is 33.2. The Hall–Kier alpha value is -2.02. The standard InChI is InChI=1S/C34H58N2O26/c1-8(42)35-15-21(48)17(44)10(3-37)55-31(15)61-28-19(46)13(6-40)58-34(25(28)52)60-27-16(36-9(2)43)32(56-11(4-38)18(27)45)62-29-20(47)12(5-39)57-33(24(29)51)59-26-14(7-41)54-30(53)23(50)22(26)49/h10-34,37-41,44-53H,3-7H2,1-2H3,(H,35,42)(H,36,43)/t10-,11-,12-,13-,14-,15-,16-,17-,18-,19+,20+,21-,22-,23-,24-,25-,26-,27-,28+,29+,30-,31+,32+,33+,34+/m1/s1. The van der Waals surface area contributed by atoms with E-state index in [-0.39, 0.29) is 0 Å². The number of hydrogen-bond donors (Lipinski definition) is 17. The topological polar surface area (TPSA) is 445 Å². The molecule has 25 atom stereocenters. The summed E-state index contributed by atoms with van der Waals surface area (Å²) in [7, 11) is 0. The normalized spacial score (nSPS) is 49.0. The highest BCUT2D eigenvalue weighted by atomic mass is 16.8. The van der Waals surface area contributed by atoms with E-state index >= 15 is 0 Å². The van der Waals surface area contributed by atoms with Crippen LogP contribution in [0, 0.1) is 0 Å². The van der Waals surface area contributed by atoms with Gasteiger partial charge in [-0.15, -0.1) is 0 Å². The minimum atomic E-state index is -2.14. The predicted molar refractivity (Wildman–Crippen MR) is 190 cm³/mol. The van der Waals surface area contributed by atoms with Gasteiger partial charge in [-0.2, -0.15) is 0 Å². The highest BCUT2D eigenvalue weighted by Gasteiger charge is 2.57. The Morgan fingerprint density at radius 2 is 0.742 bits per heavy atom. The average Bonchev–Trinajstić information content (AvgIpc) is 3.23. The van der Waals surface area contributed by atoms with E-state index in [0.29, 0.717) is 0 Å². The molecular formula is C34H58N2O26. The van der Waals surface area contributed by atoms with Crippen LogP contribution >= 0.6 is 0 Å². The number of hydrogen-bond acceptors (Lipinski definition) is 26. The molecular weight excluding hydrogens is 852 g/mol. The molecule has 5 aliphatic rings. The Labute approximate surface area is 351 Å². The zero-order valence-corrected chi connectivity index (χ0v) is 33.2. The Kier molecular flexibility index (Phi) is 18.1. The Balaban J connectivity index is 1.42. The van der Waals surface area contributed by atoms with Crippen molar-refractivity contribution in [1.82, 2.24) is 10.6 Å². The van der Waals surface area contributed by atoms with Gasteiger partial charge in [0.05, 0.1) is 33.0 Å². The molecule has 0 bridgehead atoms. The van der Waals surface area contributed by atoms with Crippen LogP contribution in [0.2, 0.25) is 0 Å². The molecule has 5 saturated heterocycles. The largest absolute Gasteiger partial charge is 0.394 e. The Morgan fingerprint density at radius 3 is 1.18 bits per heavy atom. The highest BCUT2D eigenvalue weighted by Crippen LogP contribution is 2.36. The molecule has 5 heterocycles. The third-order valence-electron chi connectivity index (χ3n) is 11.1. The van der Waals surface area contributed by atoms with Crippen LogP contribution in [0.25, 0.3) is 0 Å². The van der Waals surface area contributed by atoms with Crippen molar-refractivity contribution in [3.63, 3.8) is 0 Å². The van der Waals surface area contributed by atoms with Crippen LogP contribution in [0.15, 0.2) is 0 Å². The van der Waals surface area contributed by atoms with Gasteiger partial charge < -0.3 is 130 Å². The van der Waals surface area contributed by atoms with Gasteiger partial charge >= 0.3 is 0 Å². The van der Waals surface area contributed by atoms with Crippen LogP contribution in [0.4, 0.5) is 0 Å². The summed E-state index contributed by atoms with van der Waals surface area (Å²) in [4.78, 5) is 24.6. The van der Waals surface area contributed by atoms with Gasteiger partial charge in [0.1, 0.15) is 122 Å². The van der Waals surface area contributed by atoms with Crippen LogP contribution < -0.4 is 10.6 Å². The van der Waals surface area contributed by atoms with Gasteiger partial charge in [-0.05, 0) is 0 Å². The molecule has 5 aliphatic heterocycles. The monoisotopic (exact) mass is 910 g/mol. The van der Waals surface area contributed by atoms with Gasteiger partial charge in [0.15, 0.2) is 31.5 Å². The van der Waals surface area contributed by atoms with E-state index in [4.69, 9.17) is 42.6 Å². The molecule has 28 nitrogen and oxygen atoms in total. The number of ether oxygens (including phenoxy) is 9. The van der Waals surface area contributed by atoms with Crippen molar-refractivity contribution in [2.75, 3.05) is 33.0 Å². The maximum atomic E-state index is 12.6. The first-order chi connectivity index (χ1) is 29.3. The smallest absolute Gasteiger partial charge is 0.217 e. The van der Waals surface area contributed by atoms with Crippen molar-refractivity contribution >= 4 is 11.8 Å². The predicted octanol–water partition coefficient (Wildman–Crippen LogP) is -11.6. The third kappa shape index (κ3) is 10.8. The maximum absolute atomic E-state index is 12.6. The van der Waals surface area contributed by atoms with Crippen molar-refractivity contribution in [1.29, 1.82) is 0 Å². The number of nitrogens with one attached hydrogen (secondary N) is 2. The first-order valence-corrected chi connectivity index (χ1v) is 19.6. The van der Waals surface area contributed by atoms with E-state index in [1.807, 2.05) is 0 Å². The molecule has 62 heavy (non-hydrogen) atoms. The second-order valence-electron chi connectivity index (χ2n) is 15.4. The quantitative estimate of drug-likeness (QED) is 0.0725. The van der Waals surface area contributed by atoms with Gasteiger partial charge in [0, 0.05) is 13.8 Å². The molecule has 28 heteroatoms. The molecule has 360 valence electrons. The molecule has 2 amide bonds. The molecule has 0 spiro atoms. The van der Waals surface area contributed by atoms with Crippen LogP contribution in [-0.2, 0) is 52.2 Å². The summed E-state index contributed by atoms with van der Waals surface area (Å²) < 4.78 is 50.9. The van der Waals surface area contributed by atoms with E-state index in [9.17, 15) is 86.2 Å². The van der Waals surface area contributed by atoms with Crippen LogP contribution in [0.1, 0.15) is 13.8 Å². The lowest BCUT2D eigenvalue weighted by atomic mass is 9.94. The lowest BCUT2D eigenvalue weighted by Crippen LogP contribution is -2.70. The fraction of sp³-hybridized carbons (Fsp3) is 0.941. The second kappa shape index (κ2) is 22.0. The molecule has 5 fully saturated rings. The summed E-state index contributed by atoms with van der Waals surface area (Å²) >= 11 is 0. The van der Waals surface area contributed by atoms with E-state index in [2.05, 4.69) is 10.6 Å². The first kappa shape index (κ1) is 51.0. The van der Waals surface area contributed by atoms with Gasteiger partial charge in [0.2, 0.25) is 11.8 Å². The van der Waals surface area contributed by atoms with E-state index < -0.39 is 198 Å². The van der Waals surface area contributed by atoms with Crippen molar-refractivity contribution in [3.8, 4) is 0 Å². The Bertz CT molecular complexity index is 1440. The summed E-state index contributed by atoms with van der Waals surface area (Å²) in [5.74, 6) is -1.58. The summed E-state index contributed by atoms with van der Waals surface area (Å²) in [6.07, 6.45) is -42.7. The molecule has 5 rings (SSSR count). The molecule has 0 aromatic rings. The van der Waals surface area contributed by atoms with Gasteiger partial charge in [-0.3, -0.25) is 9.59 Å². The lowest BCUT2D eigenvalue weighted by molar-refractivity contribution is -0.383. The van der Waals surface area contributed by atoms with Crippen LogP contribution in [-0.4, -0.2) is 275 Å². The summed E-state index contributed by atoms with van der Waals surface area (Å²) in [6, 6.07) is -3.31. The summed E-state index contributed by atoms with van der Waals surface area (Å²) in [6.45, 7) is -2.58. The number of carbonyl (C=O) groups is 2. The Morgan fingerprint density at radius 1 is 0.387 bits per heavy atom. The van der Waals surface area contributed by atoms with Gasteiger partial charge in [0.25, 0.3) is 0 Å². The number of carbonyl (C=O) groups excluding carboxylic acids is 2. The van der Waals surface area contributed by atoms with Gasteiger partial charge in [-0.25, -0.2) is 0 Å². The maximum Gasteiger partial charge on any atom is 0.217 e. The lowest BCUT2D eigenvalue weighted by Gasteiger charge is -2.50. The number of aliphatic hydroxyl groups excluding tert-OH is 15. The number of rotatable bonds is 15. The summed E-state index contributed by atoms with van der Waals surface area (Å²) in [5.41, 5.74) is 0. The minimum Gasteiger partial charge on any atom is -0.394 e. The molecule has 17 N–H and O–H groups in total. The van der Waals surface area contributed by atoms with Crippen LogP contribution in [0.3, 0.4) is 0 Å². The highest BCUT2D eigenvalue weighted by molar-refractivity contribution is 5.73. The molecule has 0 saturated carbocycles. The number of aliphatic hydroxyl groups is 15. The molecule has 0 aromatic heterocycles. The molecule has 0 unspecified atom stereocenters. The molecule has 0 radical (unpaired) electrons. The fourth-order valence-electron chi connectivity index (χ4n) is 7.83. The molecule has 0 aromatic carbocycles. The van der Waals surface area contributed by atoms with E-state index in [1.54, 1.807) is 0 Å².